The van der Waals surface area contributed by atoms with Gasteiger partial charge in [0, 0.05) is 12.2 Å². The molecule has 0 spiro atoms. The van der Waals surface area contributed by atoms with Crippen LogP contribution in [0.25, 0.3) is 0 Å². The van der Waals surface area contributed by atoms with Crippen molar-refractivity contribution in [3.8, 4) is 11.8 Å². The van der Waals surface area contributed by atoms with E-state index in [2.05, 4.69) is 10.6 Å². The molecule has 0 aliphatic carbocycles. The molecule has 0 aliphatic heterocycles. The van der Waals surface area contributed by atoms with Gasteiger partial charge in [-0.1, -0.05) is 0 Å². The van der Waals surface area contributed by atoms with Gasteiger partial charge in [0.05, 0.1) is 19.1 Å². The van der Waals surface area contributed by atoms with Crippen molar-refractivity contribution in [3.63, 3.8) is 0 Å². The van der Waals surface area contributed by atoms with Crippen LogP contribution < -0.4 is 15.4 Å². The second-order valence-electron chi connectivity index (χ2n) is 3.59. The Hall–Kier alpha value is -2.22. The van der Waals surface area contributed by atoms with E-state index in [0.717, 1.165) is 5.75 Å². The van der Waals surface area contributed by atoms with Crippen molar-refractivity contribution in [2.24, 2.45) is 5.92 Å². The highest BCUT2D eigenvalue weighted by Gasteiger charge is 2.04. The smallest absolute Gasteiger partial charge is 0.319 e. The van der Waals surface area contributed by atoms with Gasteiger partial charge in [0.25, 0.3) is 0 Å². The van der Waals surface area contributed by atoms with E-state index in [0.29, 0.717) is 12.2 Å². The lowest BCUT2D eigenvalue weighted by Gasteiger charge is -2.08. The first-order chi connectivity index (χ1) is 8.15. The Morgan fingerprint density at radius 2 is 2.12 bits per heavy atom. The summed E-state index contributed by atoms with van der Waals surface area (Å²) in [4.78, 5) is 11.4. The van der Waals surface area contributed by atoms with Crippen LogP contribution in [0.15, 0.2) is 24.3 Å². The number of ether oxygens (including phenoxy) is 1. The van der Waals surface area contributed by atoms with Crippen molar-refractivity contribution in [1.29, 1.82) is 5.26 Å². The number of rotatable bonds is 4. The van der Waals surface area contributed by atoms with Crippen LogP contribution in [0.1, 0.15) is 6.92 Å². The Kier molecular flexibility index (Phi) is 4.82. The molecule has 1 aromatic rings. The van der Waals surface area contributed by atoms with Gasteiger partial charge < -0.3 is 15.4 Å². The second-order valence-corrected chi connectivity index (χ2v) is 3.59. The lowest BCUT2D eigenvalue weighted by molar-refractivity contribution is 0.251. The first-order valence-electron chi connectivity index (χ1n) is 5.24. The summed E-state index contributed by atoms with van der Waals surface area (Å²) >= 11 is 0. The fraction of sp³-hybridized carbons (Fsp3) is 0.333. The molecule has 17 heavy (non-hydrogen) atoms. The molecule has 0 bridgehead atoms. The minimum absolute atomic E-state index is 0.198. The maximum Gasteiger partial charge on any atom is 0.319 e. The Morgan fingerprint density at radius 1 is 1.47 bits per heavy atom. The fourth-order valence-electron chi connectivity index (χ4n) is 1.14. The van der Waals surface area contributed by atoms with Crippen molar-refractivity contribution in [1.82, 2.24) is 5.32 Å². The minimum atomic E-state index is -0.322. The molecule has 0 heterocycles. The van der Waals surface area contributed by atoms with Gasteiger partial charge in [0.1, 0.15) is 5.75 Å². The number of anilines is 1. The average Bonchev–Trinajstić information content (AvgIpc) is 2.36. The van der Waals surface area contributed by atoms with Gasteiger partial charge >= 0.3 is 6.03 Å². The number of hydrogen-bond donors (Lipinski definition) is 2. The largest absolute Gasteiger partial charge is 0.497 e. The Bertz CT molecular complexity index is 409. The zero-order valence-electron chi connectivity index (χ0n) is 9.86. The first-order valence-corrected chi connectivity index (χ1v) is 5.24. The van der Waals surface area contributed by atoms with Gasteiger partial charge in [-0.25, -0.2) is 4.79 Å². The molecule has 0 aromatic heterocycles. The normalized spacial score (nSPS) is 11.1. The monoisotopic (exact) mass is 233 g/mol. The Labute approximate surface area is 100 Å². The quantitative estimate of drug-likeness (QED) is 0.835. The zero-order valence-corrected chi connectivity index (χ0v) is 9.86. The number of nitriles is 1. The minimum Gasteiger partial charge on any atom is -0.497 e. The third kappa shape index (κ3) is 4.43. The SMILES string of the molecule is COc1ccc(NC(=O)NCC(C)C#N)cc1. The number of nitrogens with one attached hydrogen (secondary N) is 2. The van der Waals surface area contributed by atoms with Crippen LogP contribution in [0, 0.1) is 17.2 Å². The highest BCUT2D eigenvalue weighted by atomic mass is 16.5. The number of carbonyl (C=O) groups is 1. The summed E-state index contributed by atoms with van der Waals surface area (Å²) in [5.41, 5.74) is 0.674. The first kappa shape index (κ1) is 12.8. The van der Waals surface area contributed by atoms with Crippen LogP contribution in [0.5, 0.6) is 5.75 Å². The van der Waals surface area contributed by atoms with Crippen LogP contribution in [0.4, 0.5) is 10.5 Å². The van der Waals surface area contributed by atoms with Crippen molar-refractivity contribution < 1.29 is 9.53 Å². The summed E-state index contributed by atoms with van der Waals surface area (Å²) in [5.74, 6) is 0.533. The molecular weight excluding hydrogens is 218 g/mol. The maximum absolute atomic E-state index is 11.4. The van der Waals surface area contributed by atoms with E-state index < -0.39 is 0 Å². The number of nitrogens with zero attached hydrogens (tertiary/aromatic N) is 1. The molecular formula is C12H15N3O2. The van der Waals surface area contributed by atoms with E-state index in [-0.39, 0.29) is 11.9 Å². The predicted molar refractivity (Wildman–Crippen MR) is 64.8 cm³/mol. The summed E-state index contributed by atoms with van der Waals surface area (Å²) in [7, 11) is 1.58. The topological polar surface area (TPSA) is 74.2 Å². The summed E-state index contributed by atoms with van der Waals surface area (Å²) in [6.45, 7) is 2.08. The van der Waals surface area contributed by atoms with Crippen LogP contribution in [0.2, 0.25) is 0 Å². The number of urea groups is 1. The molecule has 1 unspecified atom stereocenters. The van der Waals surface area contributed by atoms with Crippen molar-refractivity contribution in [2.75, 3.05) is 19.0 Å². The van der Waals surface area contributed by atoms with Gasteiger partial charge in [-0.2, -0.15) is 5.26 Å². The summed E-state index contributed by atoms with van der Waals surface area (Å²) in [6, 6.07) is 8.72. The number of carbonyl (C=O) groups excluding carboxylic acids is 1. The summed E-state index contributed by atoms with van der Waals surface area (Å²) in [5, 5.41) is 13.8. The fourth-order valence-corrected chi connectivity index (χ4v) is 1.14. The standard InChI is InChI=1S/C12H15N3O2/c1-9(7-13)8-14-12(16)15-10-3-5-11(17-2)6-4-10/h3-6,9H,8H2,1-2H3,(H2,14,15,16). The third-order valence-electron chi connectivity index (χ3n) is 2.14. The average molecular weight is 233 g/mol. The third-order valence-corrected chi connectivity index (χ3v) is 2.14. The highest BCUT2D eigenvalue weighted by molar-refractivity contribution is 5.89. The molecule has 5 nitrogen and oxygen atoms in total. The van der Waals surface area contributed by atoms with Gasteiger partial charge in [0.15, 0.2) is 0 Å². The molecule has 0 saturated heterocycles. The van der Waals surface area contributed by atoms with E-state index >= 15 is 0 Å². The van der Waals surface area contributed by atoms with Crippen LogP contribution >= 0.6 is 0 Å². The highest BCUT2D eigenvalue weighted by Crippen LogP contribution is 2.14. The van der Waals surface area contributed by atoms with E-state index in [1.165, 1.54) is 0 Å². The summed E-state index contributed by atoms with van der Waals surface area (Å²) in [6.07, 6.45) is 0. The number of amides is 2. The molecule has 1 aromatic carbocycles. The molecule has 2 amide bonds. The maximum atomic E-state index is 11.4. The Balaban J connectivity index is 2.42. The lowest BCUT2D eigenvalue weighted by Crippen LogP contribution is -2.31. The van der Waals surface area contributed by atoms with E-state index in [1.54, 1.807) is 38.3 Å². The molecule has 1 rings (SSSR count). The number of hydrogen-bond acceptors (Lipinski definition) is 3. The van der Waals surface area contributed by atoms with Gasteiger partial charge in [-0.15, -0.1) is 0 Å². The molecule has 0 fully saturated rings. The van der Waals surface area contributed by atoms with E-state index in [1.807, 2.05) is 6.07 Å². The van der Waals surface area contributed by atoms with Gasteiger partial charge in [-0.05, 0) is 31.2 Å². The van der Waals surface area contributed by atoms with E-state index in [4.69, 9.17) is 10.00 Å². The van der Waals surface area contributed by atoms with Crippen LogP contribution in [-0.4, -0.2) is 19.7 Å². The molecule has 0 saturated carbocycles. The van der Waals surface area contributed by atoms with Crippen LogP contribution in [0.3, 0.4) is 0 Å². The number of methoxy groups -OCH3 is 1. The molecule has 0 aliphatic rings. The second kappa shape index (κ2) is 6.38. The lowest BCUT2D eigenvalue weighted by atomic mass is 10.2. The van der Waals surface area contributed by atoms with Crippen molar-refractivity contribution in [2.45, 2.75) is 6.92 Å². The van der Waals surface area contributed by atoms with Gasteiger partial charge in [-0.3, -0.25) is 0 Å². The van der Waals surface area contributed by atoms with E-state index in [9.17, 15) is 4.79 Å². The van der Waals surface area contributed by atoms with Crippen molar-refractivity contribution >= 4 is 11.7 Å². The Morgan fingerprint density at radius 3 is 2.65 bits per heavy atom. The van der Waals surface area contributed by atoms with Gasteiger partial charge in [0.2, 0.25) is 0 Å². The van der Waals surface area contributed by atoms with Crippen LogP contribution in [-0.2, 0) is 0 Å². The summed E-state index contributed by atoms with van der Waals surface area (Å²) < 4.78 is 5.00. The zero-order chi connectivity index (χ0) is 12.7. The molecule has 90 valence electrons. The number of benzene rings is 1. The van der Waals surface area contributed by atoms with Crippen molar-refractivity contribution in [3.05, 3.63) is 24.3 Å². The molecule has 1 atom stereocenters. The molecule has 5 heteroatoms. The molecule has 0 radical (unpaired) electrons. The predicted octanol–water partition coefficient (Wildman–Crippen LogP) is 1.98. The molecule has 2 N–H and O–H groups in total.